The predicted molar refractivity (Wildman–Crippen MR) is 88.4 cm³/mol. The number of carbonyl (C=O) groups is 1. The van der Waals surface area contributed by atoms with Crippen molar-refractivity contribution >= 4 is 11.6 Å². The average Bonchev–Trinajstić information content (AvgIpc) is 3.05. The third kappa shape index (κ3) is 3.48. The third-order valence-corrected chi connectivity index (χ3v) is 3.58. The molecule has 0 aliphatic heterocycles. The number of benzene rings is 1. The molecule has 1 aromatic carbocycles. The molecule has 0 saturated carbocycles. The first kappa shape index (κ1) is 15.0. The Hall–Kier alpha value is -2.89. The summed E-state index contributed by atoms with van der Waals surface area (Å²) in [5, 5.41) is 11.3. The molecule has 3 rings (SSSR count). The standard InChI is InChI=1S/C17H19N5O/c1-12-5-4-6-14(7-12)9-22-10-15(8-18-22)19-17(23)16-11-21(3)20-13(16)2/h4-8,10-11H,9H2,1-3H3,(H,19,23). The van der Waals surface area contributed by atoms with Gasteiger partial charge in [0.25, 0.3) is 5.91 Å². The molecule has 23 heavy (non-hydrogen) atoms. The fourth-order valence-electron chi connectivity index (χ4n) is 2.53. The first-order valence-corrected chi connectivity index (χ1v) is 7.41. The number of carbonyl (C=O) groups excluding carboxylic acids is 1. The summed E-state index contributed by atoms with van der Waals surface area (Å²) in [6, 6.07) is 8.28. The molecule has 2 aromatic heterocycles. The molecule has 0 aliphatic rings. The van der Waals surface area contributed by atoms with Crippen molar-refractivity contribution in [2.75, 3.05) is 5.32 Å². The Kier molecular flexibility index (Phi) is 3.97. The lowest BCUT2D eigenvalue weighted by Crippen LogP contribution is -2.12. The molecular formula is C17H19N5O. The van der Waals surface area contributed by atoms with Crippen LogP contribution in [-0.4, -0.2) is 25.5 Å². The molecule has 118 valence electrons. The lowest BCUT2D eigenvalue weighted by Gasteiger charge is -2.03. The topological polar surface area (TPSA) is 64.7 Å². The van der Waals surface area contributed by atoms with E-state index in [0.717, 1.165) is 0 Å². The van der Waals surface area contributed by atoms with Crippen molar-refractivity contribution in [2.24, 2.45) is 7.05 Å². The Labute approximate surface area is 134 Å². The number of amides is 1. The highest BCUT2D eigenvalue weighted by Gasteiger charge is 2.13. The van der Waals surface area contributed by atoms with Crippen molar-refractivity contribution in [1.82, 2.24) is 19.6 Å². The Morgan fingerprint density at radius 3 is 2.78 bits per heavy atom. The second kappa shape index (κ2) is 6.08. The first-order chi connectivity index (χ1) is 11.0. The van der Waals surface area contributed by atoms with Gasteiger partial charge in [-0.3, -0.25) is 14.2 Å². The van der Waals surface area contributed by atoms with Crippen LogP contribution >= 0.6 is 0 Å². The van der Waals surface area contributed by atoms with Crippen molar-refractivity contribution < 1.29 is 4.79 Å². The van der Waals surface area contributed by atoms with Crippen LogP contribution in [0.25, 0.3) is 0 Å². The summed E-state index contributed by atoms with van der Waals surface area (Å²) in [4.78, 5) is 12.3. The zero-order chi connectivity index (χ0) is 16.4. The van der Waals surface area contributed by atoms with Gasteiger partial charge >= 0.3 is 0 Å². The SMILES string of the molecule is Cc1cccc(Cn2cc(NC(=O)c3cn(C)nc3C)cn2)c1. The summed E-state index contributed by atoms with van der Waals surface area (Å²) >= 11 is 0. The lowest BCUT2D eigenvalue weighted by atomic mass is 10.1. The van der Waals surface area contributed by atoms with Crippen LogP contribution in [0.5, 0.6) is 0 Å². The maximum Gasteiger partial charge on any atom is 0.259 e. The minimum atomic E-state index is -0.175. The summed E-state index contributed by atoms with van der Waals surface area (Å²) in [6.45, 7) is 4.55. The van der Waals surface area contributed by atoms with Gasteiger partial charge in [0.2, 0.25) is 0 Å². The Morgan fingerprint density at radius 2 is 2.09 bits per heavy atom. The number of hydrogen-bond acceptors (Lipinski definition) is 3. The van der Waals surface area contributed by atoms with E-state index in [1.54, 1.807) is 28.8 Å². The predicted octanol–water partition coefficient (Wildman–Crippen LogP) is 2.53. The quantitative estimate of drug-likeness (QED) is 0.805. The van der Waals surface area contributed by atoms with E-state index in [9.17, 15) is 4.79 Å². The fraction of sp³-hybridized carbons (Fsp3) is 0.235. The van der Waals surface area contributed by atoms with Gasteiger partial charge in [0.15, 0.2) is 0 Å². The van der Waals surface area contributed by atoms with Crippen molar-refractivity contribution in [2.45, 2.75) is 20.4 Å². The zero-order valence-electron chi connectivity index (χ0n) is 13.4. The molecular weight excluding hydrogens is 290 g/mol. The van der Waals surface area contributed by atoms with Crippen LogP contribution in [0.4, 0.5) is 5.69 Å². The minimum absolute atomic E-state index is 0.175. The van der Waals surface area contributed by atoms with Crippen molar-refractivity contribution in [3.63, 3.8) is 0 Å². The van der Waals surface area contributed by atoms with E-state index in [0.29, 0.717) is 23.5 Å². The van der Waals surface area contributed by atoms with Crippen molar-refractivity contribution in [1.29, 1.82) is 0 Å². The molecule has 1 amide bonds. The summed E-state index contributed by atoms with van der Waals surface area (Å²) < 4.78 is 3.44. The van der Waals surface area contributed by atoms with Gasteiger partial charge in [-0.2, -0.15) is 10.2 Å². The van der Waals surface area contributed by atoms with Crippen LogP contribution in [0.1, 0.15) is 27.2 Å². The van der Waals surface area contributed by atoms with Gasteiger partial charge in [-0.25, -0.2) is 0 Å². The van der Waals surface area contributed by atoms with E-state index >= 15 is 0 Å². The maximum atomic E-state index is 12.3. The third-order valence-electron chi connectivity index (χ3n) is 3.58. The second-order valence-corrected chi connectivity index (χ2v) is 5.67. The molecule has 0 aliphatic carbocycles. The summed E-state index contributed by atoms with van der Waals surface area (Å²) in [6.07, 6.45) is 5.19. The molecule has 0 atom stereocenters. The van der Waals surface area contributed by atoms with Crippen LogP contribution in [0.2, 0.25) is 0 Å². The number of nitrogens with zero attached hydrogens (tertiary/aromatic N) is 4. The Balaban J connectivity index is 1.70. The van der Waals surface area contributed by atoms with Gasteiger partial charge in [0.1, 0.15) is 0 Å². The average molecular weight is 309 g/mol. The largest absolute Gasteiger partial charge is 0.319 e. The Morgan fingerprint density at radius 1 is 1.26 bits per heavy atom. The van der Waals surface area contributed by atoms with Gasteiger partial charge in [-0.1, -0.05) is 29.8 Å². The maximum absolute atomic E-state index is 12.3. The summed E-state index contributed by atoms with van der Waals surface area (Å²) in [5.41, 5.74) is 4.34. The van der Waals surface area contributed by atoms with E-state index < -0.39 is 0 Å². The molecule has 6 heteroatoms. The van der Waals surface area contributed by atoms with Gasteiger partial charge in [-0.15, -0.1) is 0 Å². The van der Waals surface area contributed by atoms with E-state index in [1.165, 1.54) is 11.1 Å². The number of aromatic nitrogens is 4. The zero-order valence-corrected chi connectivity index (χ0v) is 13.4. The highest BCUT2D eigenvalue weighted by Crippen LogP contribution is 2.12. The van der Waals surface area contributed by atoms with Gasteiger partial charge < -0.3 is 5.32 Å². The van der Waals surface area contributed by atoms with E-state index in [2.05, 4.69) is 40.6 Å². The molecule has 3 aromatic rings. The van der Waals surface area contributed by atoms with Crippen LogP contribution in [0.15, 0.2) is 42.9 Å². The van der Waals surface area contributed by atoms with Crippen LogP contribution in [0, 0.1) is 13.8 Å². The van der Waals surface area contributed by atoms with Crippen molar-refractivity contribution in [3.8, 4) is 0 Å². The fourth-order valence-corrected chi connectivity index (χ4v) is 2.53. The van der Waals surface area contributed by atoms with E-state index in [4.69, 9.17) is 0 Å². The normalized spacial score (nSPS) is 10.7. The second-order valence-electron chi connectivity index (χ2n) is 5.67. The number of hydrogen-bond donors (Lipinski definition) is 1. The molecule has 0 spiro atoms. The molecule has 0 saturated heterocycles. The van der Waals surface area contributed by atoms with E-state index in [1.807, 2.05) is 19.2 Å². The van der Waals surface area contributed by atoms with Gasteiger partial charge in [-0.05, 0) is 19.4 Å². The van der Waals surface area contributed by atoms with Gasteiger partial charge in [0.05, 0.1) is 29.7 Å². The van der Waals surface area contributed by atoms with Crippen LogP contribution < -0.4 is 5.32 Å². The van der Waals surface area contributed by atoms with Gasteiger partial charge in [0, 0.05) is 19.4 Å². The molecule has 2 heterocycles. The molecule has 0 unspecified atom stereocenters. The summed E-state index contributed by atoms with van der Waals surface area (Å²) in [7, 11) is 1.80. The smallest absolute Gasteiger partial charge is 0.259 e. The Bertz CT molecular complexity index is 846. The monoisotopic (exact) mass is 309 g/mol. The molecule has 0 bridgehead atoms. The molecule has 1 N–H and O–H groups in total. The molecule has 0 radical (unpaired) electrons. The van der Waals surface area contributed by atoms with Crippen LogP contribution in [0.3, 0.4) is 0 Å². The summed E-state index contributed by atoms with van der Waals surface area (Å²) in [5.74, 6) is -0.175. The highest BCUT2D eigenvalue weighted by molar-refractivity contribution is 6.04. The lowest BCUT2D eigenvalue weighted by molar-refractivity contribution is 0.102. The number of aryl methyl sites for hydroxylation is 3. The first-order valence-electron chi connectivity index (χ1n) is 7.41. The van der Waals surface area contributed by atoms with Crippen molar-refractivity contribution in [3.05, 3.63) is 65.2 Å². The minimum Gasteiger partial charge on any atom is -0.319 e. The van der Waals surface area contributed by atoms with E-state index in [-0.39, 0.29) is 5.91 Å². The molecule has 0 fully saturated rings. The number of nitrogens with one attached hydrogen (secondary N) is 1. The number of anilines is 1. The van der Waals surface area contributed by atoms with Crippen LogP contribution in [-0.2, 0) is 13.6 Å². The number of rotatable bonds is 4. The molecule has 6 nitrogen and oxygen atoms in total. The highest BCUT2D eigenvalue weighted by atomic mass is 16.1.